The summed E-state index contributed by atoms with van der Waals surface area (Å²) in [5, 5.41) is 7.21. The van der Waals surface area contributed by atoms with E-state index < -0.39 is 0 Å². The van der Waals surface area contributed by atoms with Crippen molar-refractivity contribution < 1.29 is 9.18 Å². The van der Waals surface area contributed by atoms with Gasteiger partial charge in [0.05, 0.1) is 13.0 Å². The van der Waals surface area contributed by atoms with Crippen molar-refractivity contribution >= 4 is 5.91 Å². The lowest BCUT2D eigenvalue weighted by molar-refractivity contribution is -0.120. The Hall–Kier alpha value is -3.73. The van der Waals surface area contributed by atoms with Crippen molar-refractivity contribution in [3.05, 3.63) is 114 Å². The third-order valence-corrected chi connectivity index (χ3v) is 4.94. The van der Waals surface area contributed by atoms with E-state index in [4.69, 9.17) is 0 Å². The van der Waals surface area contributed by atoms with Gasteiger partial charge in [-0.2, -0.15) is 5.10 Å². The number of nitrogens with zero attached hydrogens (tertiary/aromatic N) is 2. The summed E-state index contributed by atoms with van der Waals surface area (Å²) >= 11 is 0. The Morgan fingerprint density at radius 1 is 0.900 bits per heavy atom. The van der Waals surface area contributed by atoms with Crippen LogP contribution in [-0.4, -0.2) is 15.7 Å². The average molecular weight is 399 g/mol. The largest absolute Gasteiger partial charge is 0.352 e. The van der Waals surface area contributed by atoms with Crippen LogP contribution >= 0.6 is 0 Å². The second-order valence-corrected chi connectivity index (χ2v) is 7.14. The molecule has 1 aromatic heterocycles. The quantitative estimate of drug-likeness (QED) is 0.494. The van der Waals surface area contributed by atoms with E-state index in [9.17, 15) is 9.18 Å². The summed E-state index contributed by atoms with van der Waals surface area (Å²) in [6, 6.07) is 24.3. The highest BCUT2D eigenvalue weighted by Gasteiger charge is 2.08. The van der Waals surface area contributed by atoms with Gasteiger partial charge in [0.1, 0.15) is 5.82 Å². The molecule has 0 aliphatic heterocycles. The summed E-state index contributed by atoms with van der Waals surface area (Å²) in [6.45, 7) is 1.17. The molecule has 1 N–H and O–H groups in total. The molecule has 4 nitrogen and oxygen atoms in total. The number of halogens is 1. The van der Waals surface area contributed by atoms with Crippen LogP contribution in [0.2, 0.25) is 0 Å². The highest BCUT2D eigenvalue weighted by molar-refractivity contribution is 5.79. The summed E-state index contributed by atoms with van der Waals surface area (Å²) < 4.78 is 14.9. The van der Waals surface area contributed by atoms with Crippen LogP contribution in [0, 0.1) is 5.82 Å². The van der Waals surface area contributed by atoms with Gasteiger partial charge >= 0.3 is 0 Å². The minimum absolute atomic E-state index is 0.0917. The molecule has 0 fully saturated rings. The predicted molar refractivity (Wildman–Crippen MR) is 115 cm³/mol. The second-order valence-electron chi connectivity index (χ2n) is 7.14. The van der Waals surface area contributed by atoms with Gasteiger partial charge < -0.3 is 5.32 Å². The molecule has 3 aromatic carbocycles. The topological polar surface area (TPSA) is 46.9 Å². The molecule has 30 heavy (non-hydrogen) atoms. The molecule has 0 saturated heterocycles. The van der Waals surface area contributed by atoms with Gasteiger partial charge in [0, 0.05) is 18.9 Å². The first kappa shape index (κ1) is 19.6. The maximum atomic E-state index is 13.0. The Morgan fingerprint density at radius 2 is 1.63 bits per heavy atom. The Morgan fingerprint density at radius 3 is 2.37 bits per heavy atom. The Labute approximate surface area is 175 Å². The Bertz CT molecular complexity index is 1100. The third kappa shape index (κ3) is 5.00. The van der Waals surface area contributed by atoms with Gasteiger partial charge in [0.2, 0.25) is 5.91 Å². The Balaban J connectivity index is 1.42. The van der Waals surface area contributed by atoms with Crippen LogP contribution in [0.3, 0.4) is 0 Å². The van der Waals surface area contributed by atoms with Crippen LogP contribution in [0.4, 0.5) is 4.39 Å². The minimum Gasteiger partial charge on any atom is -0.352 e. The van der Waals surface area contributed by atoms with Crippen LogP contribution in [0.5, 0.6) is 0 Å². The standard InChI is InChI=1S/C25H22FN3O/c26-23-12-8-19(9-13-23)16-25(30)27-17-22-4-1-2-5-24(22)21-10-6-20(7-11-21)18-29-15-3-14-28-29/h1-15H,16-18H2,(H,27,30). The normalized spacial score (nSPS) is 10.7. The lowest BCUT2D eigenvalue weighted by atomic mass is 9.98. The zero-order valence-electron chi connectivity index (χ0n) is 16.5. The number of hydrogen-bond donors (Lipinski definition) is 1. The molecule has 0 atom stereocenters. The highest BCUT2D eigenvalue weighted by Crippen LogP contribution is 2.24. The summed E-state index contributed by atoms with van der Waals surface area (Å²) in [6.07, 6.45) is 3.94. The fourth-order valence-electron chi connectivity index (χ4n) is 3.37. The van der Waals surface area contributed by atoms with Crippen molar-refractivity contribution in [2.45, 2.75) is 19.5 Å². The third-order valence-electron chi connectivity index (χ3n) is 4.94. The first-order valence-electron chi connectivity index (χ1n) is 9.83. The van der Waals surface area contributed by atoms with E-state index >= 15 is 0 Å². The second kappa shape index (κ2) is 9.18. The first-order chi connectivity index (χ1) is 14.7. The van der Waals surface area contributed by atoms with Gasteiger partial charge in [-0.05, 0) is 46.0 Å². The van der Waals surface area contributed by atoms with Crippen molar-refractivity contribution in [1.29, 1.82) is 0 Å². The summed E-state index contributed by atoms with van der Waals surface area (Å²) in [5.41, 5.74) is 5.19. The molecule has 0 saturated carbocycles. The van der Waals surface area contributed by atoms with E-state index in [0.29, 0.717) is 6.54 Å². The molecule has 4 rings (SSSR count). The molecular weight excluding hydrogens is 377 g/mol. The molecular formula is C25H22FN3O. The number of benzene rings is 3. The van der Waals surface area contributed by atoms with Crippen molar-refractivity contribution in [3.63, 3.8) is 0 Å². The molecule has 5 heteroatoms. The van der Waals surface area contributed by atoms with Gasteiger partial charge in [-0.15, -0.1) is 0 Å². The number of carbonyl (C=O) groups excluding carboxylic acids is 1. The van der Waals surface area contributed by atoms with E-state index in [1.807, 2.05) is 35.1 Å². The molecule has 1 heterocycles. The molecule has 0 aliphatic carbocycles. The number of aromatic nitrogens is 2. The predicted octanol–water partition coefficient (Wildman–Crippen LogP) is 4.60. The molecule has 0 radical (unpaired) electrons. The number of carbonyl (C=O) groups is 1. The lowest BCUT2D eigenvalue weighted by Crippen LogP contribution is -2.24. The van der Waals surface area contributed by atoms with E-state index in [-0.39, 0.29) is 18.1 Å². The minimum atomic E-state index is -0.302. The summed E-state index contributed by atoms with van der Waals surface area (Å²) in [7, 11) is 0. The van der Waals surface area contributed by atoms with E-state index in [2.05, 4.69) is 40.7 Å². The van der Waals surface area contributed by atoms with Crippen LogP contribution in [0.1, 0.15) is 16.7 Å². The van der Waals surface area contributed by atoms with Gasteiger partial charge in [-0.25, -0.2) is 4.39 Å². The number of amides is 1. The van der Waals surface area contributed by atoms with E-state index in [0.717, 1.165) is 28.8 Å². The van der Waals surface area contributed by atoms with E-state index in [1.54, 1.807) is 18.3 Å². The maximum Gasteiger partial charge on any atom is 0.224 e. The van der Waals surface area contributed by atoms with E-state index in [1.165, 1.54) is 17.7 Å². The smallest absolute Gasteiger partial charge is 0.224 e. The molecule has 150 valence electrons. The van der Waals surface area contributed by atoms with Crippen LogP contribution in [-0.2, 0) is 24.3 Å². The lowest BCUT2D eigenvalue weighted by Gasteiger charge is -2.12. The van der Waals surface area contributed by atoms with Crippen molar-refractivity contribution in [3.8, 4) is 11.1 Å². The molecule has 4 aromatic rings. The molecule has 1 amide bonds. The fraction of sp³-hybridized carbons (Fsp3) is 0.120. The van der Waals surface area contributed by atoms with Gasteiger partial charge in [0.15, 0.2) is 0 Å². The van der Waals surface area contributed by atoms with Crippen molar-refractivity contribution in [2.75, 3.05) is 0 Å². The summed E-state index contributed by atoms with van der Waals surface area (Å²) in [4.78, 5) is 12.3. The Kier molecular flexibility index (Phi) is 5.99. The zero-order valence-corrected chi connectivity index (χ0v) is 16.5. The van der Waals surface area contributed by atoms with Crippen molar-refractivity contribution in [1.82, 2.24) is 15.1 Å². The van der Waals surface area contributed by atoms with Gasteiger partial charge in [0.25, 0.3) is 0 Å². The molecule has 0 bridgehead atoms. The first-order valence-corrected chi connectivity index (χ1v) is 9.83. The highest BCUT2D eigenvalue weighted by atomic mass is 19.1. The fourth-order valence-corrected chi connectivity index (χ4v) is 3.37. The van der Waals surface area contributed by atoms with Crippen molar-refractivity contribution in [2.24, 2.45) is 0 Å². The number of rotatable bonds is 7. The maximum absolute atomic E-state index is 13.0. The van der Waals surface area contributed by atoms with Crippen LogP contribution < -0.4 is 5.32 Å². The molecule has 0 unspecified atom stereocenters. The monoisotopic (exact) mass is 399 g/mol. The number of nitrogens with one attached hydrogen (secondary N) is 1. The summed E-state index contributed by atoms with van der Waals surface area (Å²) in [5.74, 6) is -0.394. The van der Waals surface area contributed by atoms with Crippen LogP contribution in [0.15, 0.2) is 91.3 Å². The van der Waals surface area contributed by atoms with Gasteiger partial charge in [-0.1, -0.05) is 60.7 Å². The van der Waals surface area contributed by atoms with Gasteiger partial charge in [-0.3, -0.25) is 9.48 Å². The number of hydrogen-bond acceptors (Lipinski definition) is 2. The average Bonchev–Trinajstić information content (AvgIpc) is 3.28. The molecule has 0 aliphatic rings. The zero-order chi connectivity index (χ0) is 20.8. The SMILES string of the molecule is O=C(Cc1ccc(F)cc1)NCc1ccccc1-c1ccc(Cn2cccn2)cc1. The van der Waals surface area contributed by atoms with Crippen LogP contribution in [0.25, 0.3) is 11.1 Å². The molecule has 0 spiro atoms.